The molecule has 1 aliphatic heterocycles. The second-order valence-corrected chi connectivity index (χ2v) is 9.84. The monoisotopic (exact) mass is 623 g/mol. The predicted octanol–water partition coefficient (Wildman–Crippen LogP) is 7.00. The summed E-state index contributed by atoms with van der Waals surface area (Å²) in [5.41, 5.74) is 14.8. The number of phenolic OH excluding ortho intramolecular Hbond substituents is 1. The van der Waals surface area contributed by atoms with Gasteiger partial charge in [-0.25, -0.2) is 9.97 Å². The summed E-state index contributed by atoms with van der Waals surface area (Å²) in [6.45, 7) is 3.91. The minimum absolute atomic E-state index is 0.0324. The van der Waals surface area contributed by atoms with Crippen LogP contribution in [0.2, 0.25) is 0 Å². The Labute approximate surface area is 262 Å². The van der Waals surface area contributed by atoms with E-state index in [1.165, 1.54) is 23.8 Å². The average Bonchev–Trinajstić information content (AvgIpc) is 3.49. The number of pyridine rings is 2. The van der Waals surface area contributed by atoms with Crippen molar-refractivity contribution in [1.82, 2.24) is 9.97 Å². The number of aromatic hydroxyl groups is 1. The van der Waals surface area contributed by atoms with E-state index < -0.39 is 9.85 Å². The van der Waals surface area contributed by atoms with E-state index in [0.29, 0.717) is 17.5 Å². The molecule has 0 bridgehead atoms. The number of rotatable bonds is 6. The van der Waals surface area contributed by atoms with Crippen molar-refractivity contribution in [2.45, 2.75) is 20.3 Å². The molecule has 5 N–H and O–H groups in total. The van der Waals surface area contributed by atoms with Gasteiger partial charge in [0.2, 0.25) is 11.8 Å². The number of fused-ring (bicyclic) bond motifs is 1. The number of aliphatic imine (C=N–C) groups is 1. The molecule has 3 heterocycles. The lowest BCUT2D eigenvalue weighted by Crippen LogP contribution is -1.96. The van der Waals surface area contributed by atoms with Gasteiger partial charge in [-0.1, -0.05) is 12.1 Å². The second kappa shape index (κ2) is 14.7. The summed E-state index contributed by atoms with van der Waals surface area (Å²) in [6.07, 6.45) is 6.25. The summed E-state index contributed by atoms with van der Waals surface area (Å²) < 4.78 is 11.1. The van der Waals surface area contributed by atoms with Crippen LogP contribution in [0.1, 0.15) is 16.7 Å². The van der Waals surface area contributed by atoms with Crippen molar-refractivity contribution in [3.63, 3.8) is 0 Å². The number of hydrogen-bond acceptors (Lipinski definition) is 12. The minimum atomic E-state index is -0.602. The molecule has 0 spiro atoms. The molecule has 234 valence electrons. The van der Waals surface area contributed by atoms with Crippen LogP contribution >= 0.6 is 0 Å². The topological polar surface area (TPSA) is 215 Å². The highest BCUT2D eigenvalue weighted by molar-refractivity contribution is 5.76. The van der Waals surface area contributed by atoms with Crippen LogP contribution in [0.3, 0.4) is 0 Å². The number of nitrogens with zero attached hydrogens (tertiary/aromatic N) is 5. The Kier molecular flexibility index (Phi) is 10.4. The van der Waals surface area contributed by atoms with E-state index in [1.54, 1.807) is 24.5 Å². The van der Waals surface area contributed by atoms with E-state index in [9.17, 15) is 20.2 Å². The van der Waals surface area contributed by atoms with E-state index in [0.717, 1.165) is 41.1 Å². The fraction of sp³-hybridized carbons (Fsp3) is 0.0938. The fourth-order valence-electron chi connectivity index (χ4n) is 3.88. The van der Waals surface area contributed by atoms with Crippen LogP contribution in [0.5, 0.6) is 29.0 Å². The fourth-order valence-corrected chi connectivity index (χ4v) is 3.88. The number of nitrogen functional groups attached to an aromatic ring is 2. The number of aryl methyl sites for hydroxylation is 2. The molecule has 5 aromatic rings. The zero-order chi connectivity index (χ0) is 33.2. The van der Waals surface area contributed by atoms with Gasteiger partial charge in [-0.05, 0) is 66.9 Å². The van der Waals surface area contributed by atoms with Crippen LogP contribution in [0.4, 0.5) is 28.4 Å². The van der Waals surface area contributed by atoms with Gasteiger partial charge in [-0.2, -0.15) is 0 Å². The lowest BCUT2D eigenvalue weighted by atomic mass is 10.1. The van der Waals surface area contributed by atoms with Gasteiger partial charge >= 0.3 is 0 Å². The van der Waals surface area contributed by atoms with Crippen molar-refractivity contribution < 1.29 is 24.4 Å². The molecule has 0 atom stereocenters. The maximum atomic E-state index is 10.7. The van der Waals surface area contributed by atoms with Crippen LogP contribution in [0, 0.1) is 34.1 Å². The number of ether oxygens (including phenoxy) is 2. The molecule has 0 unspecified atom stereocenters. The number of nitro benzene ring substituents is 2. The van der Waals surface area contributed by atoms with E-state index in [4.69, 9.17) is 26.0 Å². The van der Waals surface area contributed by atoms with Crippen molar-refractivity contribution in [2.24, 2.45) is 4.99 Å². The molecule has 0 amide bonds. The normalized spacial score (nSPS) is 10.8. The highest BCUT2D eigenvalue weighted by atomic mass is 16.6. The van der Waals surface area contributed by atoms with E-state index in [1.807, 2.05) is 56.5 Å². The number of phenols is 1. The molecule has 14 nitrogen and oxygen atoms in total. The standard InChI is InChI=1S/C14H12N2O.C12H11N3O3.C6H6N2O3/c1-10-2-5-14(16-9-10)17-12-3-4-13-11(8-12)6-7-15-13;1-8-2-5-12(14-7-8)18-9-3-4-10(13)11(6-9)15(16)17;7-5-3-4(9)1-2-6(5)8(10)11/h2-5,7-9H,6H2,1H3;2-7H,13H2,1H3;1-3,9H,7H2. The number of aromatic nitrogens is 2. The van der Waals surface area contributed by atoms with Crippen LogP contribution in [-0.4, -0.2) is 31.1 Å². The summed E-state index contributed by atoms with van der Waals surface area (Å²) in [7, 11) is 0. The lowest BCUT2D eigenvalue weighted by molar-refractivity contribution is -0.384. The maximum Gasteiger partial charge on any atom is 0.295 e. The van der Waals surface area contributed by atoms with Gasteiger partial charge in [0.1, 0.15) is 28.6 Å². The van der Waals surface area contributed by atoms with Crippen molar-refractivity contribution in [3.05, 3.63) is 128 Å². The number of benzene rings is 3. The molecular formula is C32H29N7O7. The summed E-state index contributed by atoms with van der Waals surface area (Å²) in [4.78, 5) is 32.3. The Morgan fingerprint density at radius 2 is 1.30 bits per heavy atom. The molecule has 14 heteroatoms. The third-order valence-corrected chi connectivity index (χ3v) is 6.21. The largest absolute Gasteiger partial charge is 0.508 e. The van der Waals surface area contributed by atoms with Crippen LogP contribution in [0.15, 0.2) is 96.2 Å². The van der Waals surface area contributed by atoms with Gasteiger partial charge in [-0.15, -0.1) is 0 Å². The molecule has 0 saturated carbocycles. The van der Waals surface area contributed by atoms with Crippen molar-refractivity contribution in [3.8, 4) is 29.0 Å². The first-order valence-electron chi connectivity index (χ1n) is 13.6. The molecule has 0 aliphatic carbocycles. The molecule has 0 radical (unpaired) electrons. The number of anilines is 2. The molecular weight excluding hydrogens is 594 g/mol. The Bertz CT molecular complexity index is 1880. The van der Waals surface area contributed by atoms with Gasteiger partial charge in [0.05, 0.1) is 21.6 Å². The van der Waals surface area contributed by atoms with Gasteiger partial charge in [0, 0.05) is 49.3 Å². The number of nitro groups is 2. The maximum absolute atomic E-state index is 10.7. The Morgan fingerprint density at radius 1 is 0.717 bits per heavy atom. The molecule has 6 rings (SSSR count). The Morgan fingerprint density at radius 3 is 1.85 bits per heavy atom. The predicted molar refractivity (Wildman–Crippen MR) is 173 cm³/mol. The van der Waals surface area contributed by atoms with Gasteiger partial charge in [-0.3, -0.25) is 25.2 Å². The molecule has 3 aromatic carbocycles. The quantitative estimate of drug-likeness (QED) is 0.0994. The van der Waals surface area contributed by atoms with E-state index >= 15 is 0 Å². The number of nitrogens with two attached hydrogens (primary N) is 2. The first kappa shape index (κ1) is 32.3. The summed E-state index contributed by atoms with van der Waals surface area (Å²) in [5, 5.41) is 29.7. The van der Waals surface area contributed by atoms with E-state index in [-0.39, 0.29) is 28.5 Å². The van der Waals surface area contributed by atoms with E-state index in [2.05, 4.69) is 15.0 Å². The van der Waals surface area contributed by atoms with Gasteiger partial charge in [0.15, 0.2) is 0 Å². The third kappa shape index (κ3) is 8.97. The number of hydrogen-bond donors (Lipinski definition) is 3. The first-order valence-corrected chi connectivity index (χ1v) is 13.6. The summed E-state index contributed by atoms with van der Waals surface area (Å²) >= 11 is 0. The zero-order valence-electron chi connectivity index (χ0n) is 24.7. The highest BCUT2D eigenvalue weighted by Gasteiger charge is 2.13. The molecule has 46 heavy (non-hydrogen) atoms. The van der Waals surface area contributed by atoms with Crippen LogP contribution in [-0.2, 0) is 6.42 Å². The Balaban J connectivity index is 0.000000162. The van der Waals surface area contributed by atoms with Gasteiger partial charge in [0.25, 0.3) is 11.4 Å². The second-order valence-electron chi connectivity index (χ2n) is 9.84. The average molecular weight is 624 g/mol. The highest BCUT2D eigenvalue weighted by Crippen LogP contribution is 2.31. The molecule has 2 aromatic heterocycles. The first-order chi connectivity index (χ1) is 22.0. The minimum Gasteiger partial charge on any atom is -0.508 e. The SMILES string of the molecule is Cc1ccc(Oc2ccc(N)c([N+](=O)[O-])c2)nc1.Cc1ccc(Oc2ccc3c(c2)CC=N3)nc1.Nc1cc(O)ccc1[N+](=O)[O-]. The molecule has 0 saturated heterocycles. The van der Waals surface area contributed by atoms with Crippen LogP contribution < -0.4 is 20.9 Å². The third-order valence-electron chi connectivity index (χ3n) is 6.21. The zero-order valence-corrected chi connectivity index (χ0v) is 24.7. The molecule has 0 fully saturated rings. The van der Waals surface area contributed by atoms with Crippen molar-refractivity contribution in [1.29, 1.82) is 0 Å². The van der Waals surface area contributed by atoms with Crippen molar-refractivity contribution in [2.75, 3.05) is 11.5 Å². The van der Waals surface area contributed by atoms with Crippen molar-refractivity contribution >= 4 is 34.7 Å². The lowest BCUT2D eigenvalue weighted by Gasteiger charge is -2.06. The molecule has 1 aliphatic rings. The summed E-state index contributed by atoms with van der Waals surface area (Å²) in [6, 6.07) is 21.1. The van der Waals surface area contributed by atoms with Gasteiger partial charge < -0.3 is 26.0 Å². The summed E-state index contributed by atoms with van der Waals surface area (Å²) in [5.74, 6) is 2.06. The van der Waals surface area contributed by atoms with Crippen LogP contribution in [0.25, 0.3) is 0 Å². The smallest absolute Gasteiger partial charge is 0.295 e. The Hall–Kier alpha value is -6.57.